The van der Waals surface area contributed by atoms with Crippen molar-refractivity contribution in [1.29, 1.82) is 0 Å². The first-order valence-corrected chi connectivity index (χ1v) is 10.1. The average Bonchev–Trinajstić information content (AvgIpc) is 2.69. The Morgan fingerprint density at radius 2 is 1.70 bits per heavy atom. The second-order valence-electron chi connectivity index (χ2n) is 7.67. The number of carbonyl (C=O) groups excluding carboxylic acids is 1. The number of amides is 1. The van der Waals surface area contributed by atoms with Gasteiger partial charge in [0, 0.05) is 45.3 Å². The van der Waals surface area contributed by atoms with Crippen LogP contribution in [-0.4, -0.2) is 80.1 Å². The molecule has 2 saturated heterocycles. The van der Waals surface area contributed by atoms with Gasteiger partial charge in [0.15, 0.2) is 11.5 Å². The van der Waals surface area contributed by atoms with Gasteiger partial charge in [-0.25, -0.2) is 0 Å². The van der Waals surface area contributed by atoms with E-state index in [1.165, 1.54) is 12.0 Å². The van der Waals surface area contributed by atoms with E-state index in [2.05, 4.69) is 27.7 Å². The minimum absolute atomic E-state index is 0.301. The molecule has 0 radical (unpaired) electrons. The summed E-state index contributed by atoms with van der Waals surface area (Å²) in [5, 5.41) is 0. The van der Waals surface area contributed by atoms with Crippen LogP contribution >= 0.6 is 0 Å². The Hall–Kier alpha value is -1.79. The molecule has 150 valence electrons. The van der Waals surface area contributed by atoms with E-state index in [-0.39, 0.29) is 0 Å². The Morgan fingerprint density at radius 3 is 2.37 bits per heavy atom. The predicted octanol–water partition coefficient (Wildman–Crippen LogP) is 2.22. The van der Waals surface area contributed by atoms with E-state index in [1.54, 1.807) is 14.2 Å². The van der Waals surface area contributed by atoms with E-state index in [0.717, 1.165) is 63.6 Å². The number of methoxy groups -OCH3 is 2. The number of likely N-dealkylation sites (tertiary alicyclic amines) is 1. The van der Waals surface area contributed by atoms with Crippen molar-refractivity contribution in [3.63, 3.8) is 0 Å². The lowest BCUT2D eigenvalue weighted by atomic mass is 10.0. The fraction of sp³-hybridized carbons (Fsp3) is 0.667. The van der Waals surface area contributed by atoms with Crippen molar-refractivity contribution in [2.45, 2.75) is 38.8 Å². The van der Waals surface area contributed by atoms with E-state index < -0.39 is 0 Å². The van der Waals surface area contributed by atoms with E-state index >= 15 is 0 Å². The summed E-state index contributed by atoms with van der Waals surface area (Å²) in [4.78, 5) is 19.4. The Morgan fingerprint density at radius 1 is 1.00 bits per heavy atom. The maximum absolute atomic E-state index is 12.6. The van der Waals surface area contributed by atoms with Crippen molar-refractivity contribution in [2.75, 3.05) is 53.5 Å². The van der Waals surface area contributed by atoms with E-state index in [1.807, 2.05) is 12.1 Å². The third kappa shape index (κ3) is 5.14. The lowest BCUT2D eigenvalue weighted by molar-refractivity contribution is -0.136. The maximum atomic E-state index is 12.6. The second-order valence-corrected chi connectivity index (χ2v) is 7.67. The summed E-state index contributed by atoms with van der Waals surface area (Å²) in [6, 6.07) is 6.50. The molecule has 0 N–H and O–H groups in total. The van der Waals surface area contributed by atoms with E-state index in [9.17, 15) is 4.79 Å². The van der Waals surface area contributed by atoms with E-state index in [0.29, 0.717) is 18.5 Å². The molecular formula is C21H33N3O3. The highest BCUT2D eigenvalue weighted by Crippen LogP contribution is 2.28. The summed E-state index contributed by atoms with van der Waals surface area (Å²) >= 11 is 0. The molecule has 0 aliphatic carbocycles. The normalized spacial score (nSPS) is 21.9. The van der Waals surface area contributed by atoms with Crippen molar-refractivity contribution >= 4 is 5.91 Å². The molecule has 1 atom stereocenters. The molecule has 2 heterocycles. The standard InChI is InChI=1S/C21H33N3O3/c1-17-6-4-5-9-24(17)21(25)16-23-12-10-22(11-13-23)15-18-7-8-19(26-2)20(14-18)27-3/h7-8,14,17H,4-6,9-13,15-16H2,1-3H3. The molecule has 3 rings (SSSR count). The topological polar surface area (TPSA) is 45.2 Å². The number of benzene rings is 1. The molecule has 2 aliphatic rings. The van der Waals surface area contributed by atoms with Crippen LogP contribution in [0.1, 0.15) is 31.7 Å². The van der Waals surface area contributed by atoms with Crippen LogP contribution in [0.5, 0.6) is 11.5 Å². The molecule has 1 aromatic rings. The van der Waals surface area contributed by atoms with Gasteiger partial charge in [-0.3, -0.25) is 14.6 Å². The SMILES string of the molecule is COc1ccc(CN2CCN(CC(=O)N3CCCCC3C)CC2)cc1OC. The lowest BCUT2D eigenvalue weighted by Crippen LogP contribution is -2.51. The quantitative estimate of drug-likeness (QED) is 0.763. The average molecular weight is 376 g/mol. The van der Waals surface area contributed by atoms with Crippen molar-refractivity contribution in [2.24, 2.45) is 0 Å². The largest absolute Gasteiger partial charge is 0.493 e. The molecule has 6 nitrogen and oxygen atoms in total. The number of piperazine rings is 1. The summed E-state index contributed by atoms with van der Waals surface area (Å²) < 4.78 is 10.7. The molecule has 2 aliphatic heterocycles. The van der Waals surface area contributed by atoms with Gasteiger partial charge in [-0.1, -0.05) is 6.07 Å². The first-order valence-electron chi connectivity index (χ1n) is 10.1. The van der Waals surface area contributed by atoms with Crippen LogP contribution in [0.15, 0.2) is 18.2 Å². The number of carbonyl (C=O) groups is 1. The van der Waals surface area contributed by atoms with Gasteiger partial charge in [-0.05, 0) is 43.9 Å². The van der Waals surface area contributed by atoms with Gasteiger partial charge in [0.2, 0.25) is 5.91 Å². The number of piperidine rings is 1. The summed E-state index contributed by atoms with van der Waals surface area (Å²) in [6.45, 7) is 8.42. The number of hydrogen-bond acceptors (Lipinski definition) is 5. The third-order valence-corrected chi connectivity index (χ3v) is 5.80. The van der Waals surface area contributed by atoms with Gasteiger partial charge in [-0.2, -0.15) is 0 Å². The van der Waals surface area contributed by atoms with Gasteiger partial charge >= 0.3 is 0 Å². The van der Waals surface area contributed by atoms with Gasteiger partial charge in [-0.15, -0.1) is 0 Å². The molecule has 27 heavy (non-hydrogen) atoms. The molecule has 0 aromatic heterocycles. The summed E-state index contributed by atoms with van der Waals surface area (Å²) in [6.07, 6.45) is 3.54. The van der Waals surface area contributed by atoms with Crippen LogP contribution < -0.4 is 9.47 Å². The fourth-order valence-corrected chi connectivity index (χ4v) is 4.09. The number of nitrogens with zero attached hydrogens (tertiary/aromatic N) is 3. The fourth-order valence-electron chi connectivity index (χ4n) is 4.09. The first kappa shape index (κ1) is 20.0. The molecule has 1 amide bonds. The molecule has 1 unspecified atom stereocenters. The van der Waals surface area contributed by atoms with Crippen LogP contribution in [0.3, 0.4) is 0 Å². The molecule has 6 heteroatoms. The van der Waals surface area contributed by atoms with Gasteiger partial charge in [0.1, 0.15) is 0 Å². The zero-order valence-corrected chi connectivity index (χ0v) is 16.9. The zero-order chi connectivity index (χ0) is 19.2. The Labute approximate surface area is 163 Å². The summed E-state index contributed by atoms with van der Waals surface area (Å²) in [5.74, 6) is 1.84. The highest BCUT2D eigenvalue weighted by Gasteiger charge is 2.26. The van der Waals surface area contributed by atoms with Crippen LogP contribution in [0, 0.1) is 0 Å². The van der Waals surface area contributed by atoms with Crippen molar-refractivity contribution in [1.82, 2.24) is 14.7 Å². The maximum Gasteiger partial charge on any atom is 0.236 e. The van der Waals surface area contributed by atoms with Crippen molar-refractivity contribution < 1.29 is 14.3 Å². The highest BCUT2D eigenvalue weighted by atomic mass is 16.5. The van der Waals surface area contributed by atoms with Crippen molar-refractivity contribution in [3.8, 4) is 11.5 Å². The molecule has 0 spiro atoms. The number of rotatable bonds is 6. The first-order chi connectivity index (χ1) is 13.1. The van der Waals surface area contributed by atoms with Crippen molar-refractivity contribution in [3.05, 3.63) is 23.8 Å². The Balaban J connectivity index is 1.47. The van der Waals surface area contributed by atoms with Gasteiger partial charge < -0.3 is 14.4 Å². The molecule has 0 saturated carbocycles. The highest BCUT2D eigenvalue weighted by molar-refractivity contribution is 5.78. The third-order valence-electron chi connectivity index (χ3n) is 5.80. The number of ether oxygens (including phenoxy) is 2. The Bertz CT molecular complexity index is 629. The molecule has 1 aromatic carbocycles. The molecule has 2 fully saturated rings. The second kappa shape index (κ2) is 9.42. The minimum atomic E-state index is 0.301. The smallest absolute Gasteiger partial charge is 0.236 e. The van der Waals surface area contributed by atoms with E-state index in [4.69, 9.17) is 9.47 Å². The zero-order valence-electron chi connectivity index (χ0n) is 16.9. The van der Waals surface area contributed by atoms with Crippen LogP contribution in [0.25, 0.3) is 0 Å². The summed E-state index contributed by atoms with van der Waals surface area (Å²) in [7, 11) is 3.32. The minimum Gasteiger partial charge on any atom is -0.493 e. The molecule has 0 bridgehead atoms. The monoisotopic (exact) mass is 375 g/mol. The van der Waals surface area contributed by atoms with Gasteiger partial charge in [0.05, 0.1) is 20.8 Å². The van der Waals surface area contributed by atoms with Crippen LogP contribution in [-0.2, 0) is 11.3 Å². The van der Waals surface area contributed by atoms with Crippen LogP contribution in [0.2, 0.25) is 0 Å². The summed E-state index contributed by atoms with van der Waals surface area (Å²) in [5.41, 5.74) is 1.22. The predicted molar refractivity (Wildman–Crippen MR) is 106 cm³/mol. The van der Waals surface area contributed by atoms with Gasteiger partial charge in [0.25, 0.3) is 0 Å². The lowest BCUT2D eigenvalue weighted by Gasteiger charge is -2.38. The number of hydrogen-bond donors (Lipinski definition) is 0. The Kier molecular flexibility index (Phi) is 6.96. The molecular weight excluding hydrogens is 342 g/mol. The van der Waals surface area contributed by atoms with Crippen LogP contribution in [0.4, 0.5) is 0 Å².